The predicted octanol–water partition coefficient (Wildman–Crippen LogP) is 3.06. The molecule has 0 aromatic carbocycles. The van der Waals surface area contributed by atoms with E-state index in [4.69, 9.17) is 10.2 Å². The lowest BCUT2D eigenvalue weighted by atomic mass is 9.86. The number of hydrogen-bond donors (Lipinski definition) is 2. The zero-order valence-electron chi connectivity index (χ0n) is 13.5. The van der Waals surface area contributed by atoms with Crippen LogP contribution in [-0.4, -0.2) is 21.0 Å². The van der Waals surface area contributed by atoms with E-state index < -0.39 is 5.97 Å². The van der Waals surface area contributed by atoms with Gasteiger partial charge in [-0.2, -0.15) is 4.98 Å². The molecule has 1 fully saturated rings. The lowest BCUT2D eigenvalue weighted by molar-refractivity contribution is 0.0698. The van der Waals surface area contributed by atoms with Crippen molar-refractivity contribution in [2.24, 2.45) is 0 Å². The molecule has 4 rings (SSSR count). The number of pyridine rings is 2. The number of carboxylic acids is 1. The Morgan fingerprint density at radius 1 is 1.20 bits per heavy atom. The molecule has 0 amide bonds. The number of nitrogens with zero attached hydrogens (tertiary/aromatic N) is 2. The van der Waals surface area contributed by atoms with Crippen molar-refractivity contribution in [1.29, 1.82) is 0 Å². The molecule has 3 heterocycles. The van der Waals surface area contributed by atoms with Gasteiger partial charge in [-0.05, 0) is 25.0 Å². The molecule has 0 aliphatic heterocycles. The Kier molecular flexibility index (Phi) is 3.63. The lowest BCUT2D eigenvalue weighted by Crippen LogP contribution is -2.11. The molecule has 0 saturated heterocycles. The highest BCUT2D eigenvalue weighted by Crippen LogP contribution is 2.32. The third-order valence-electron chi connectivity index (χ3n) is 4.86. The largest absolute Gasteiger partial charge is 0.478 e. The van der Waals surface area contributed by atoms with Crippen LogP contribution in [0.25, 0.3) is 22.1 Å². The van der Waals surface area contributed by atoms with Crippen molar-refractivity contribution < 1.29 is 14.3 Å². The molecular formula is C18H17N3O4. The van der Waals surface area contributed by atoms with Gasteiger partial charge in [-0.3, -0.25) is 9.78 Å². The Morgan fingerprint density at radius 2 is 1.96 bits per heavy atom. The van der Waals surface area contributed by atoms with Gasteiger partial charge in [0.25, 0.3) is 0 Å². The number of anilines is 1. The Morgan fingerprint density at radius 3 is 2.68 bits per heavy atom. The first-order valence-electron chi connectivity index (χ1n) is 8.31. The average molecular weight is 339 g/mol. The van der Waals surface area contributed by atoms with Crippen LogP contribution in [0, 0.1) is 0 Å². The van der Waals surface area contributed by atoms with Crippen molar-refractivity contribution >= 4 is 33.9 Å². The molecule has 3 aromatic heterocycles. The Labute approximate surface area is 142 Å². The van der Waals surface area contributed by atoms with Gasteiger partial charge in [0, 0.05) is 11.6 Å². The summed E-state index contributed by atoms with van der Waals surface area (Å²) in [5.41, 5.74) is 6.35. The first-order chi connectivity index (χ1) is 12.0. The number of aromatic carboxylic acids is 1. The highest BCUT2D eigenvalue weighted by molar-refractivity contribution is 5.98. The molecule has 1 aliphatic rings. The molecule has 7 nitrogen and oxygen atoms in total. The number of carboxylic acid groups (broad SMARTS) is 1. The lowest BCUT2D eigenvalue weighted by Gasteiger charge is -2.21. The highest BCUT2D eigenvalue weighted by Gasteiger charge is 2.20. The van der Waals surface area contributed by atoms with E-state index in [9.17, 15) is 14.7 Å². The number of hydrogen-bond acceptors (Lipinski definition) is 6. The number of nitrogens with two attached hydrogens (primary N) is 1. The first kappa shape index (κ1) is 15.6. The topological polar surface area (TPSA) is 119 Å². The molecule has 1 saturated carbocycles. The molecule has 7 heteroatoms. The van der Waals surface area contributed by atoms with Gasteiger partial charge >= 0.3 is 5.97 Å². The van der Waals surface area contributed by atoms with E-state index >= 15 is 0 Å². The fourth-order valence-electron chi connectivity index (χ4n) is 3.51. The summed E-state index contributed by atoms with van der Waals surface area (Å²) in [5.74, 6) is -1.06. The van der Waals surface area contributed by atoms with Gasteiger partial charge in [0.15, 0.2) is 5.58 Å². The zero-order chi connectivity index (χ0) is 17.6. The van der Waals surface area contributed by atoms with Crippen LogP contribution >= 0.6 is 0 Å². The van der Waals surface area contributed by atoms with Gasteiger partial charge in [-0.1, -0.05) is 19.3 Å². The smallest absolute Gasteiger partial charge is 0.339 e. The van der Waals surface area contributed by atoms with Gasteiger partial charge in [-0.15, -0.1) is 0 Å². The van der Waals surface area contributed by atoms with Crippen LogP contribution < -0.4 is 11.2 Å². The van der Waals surface area contributed by atoms with E-state index in [0.717, 1.165) is 18.5 Å². The predicted molar refractivity (Wildman–Crippen MR) is 92.8 cm³/mol. The minimum Gasteiger partial charge on any atom is -0.478 e. The Balaban J connectivity index is 1.93. The standard InChI is InChI=1S/C18H17N3O4/c19-16-12(18(23)24)6-11-15(22)10-7-13(9-4-2-1-3-5-9)20-8-14(10)25-17(11)21-16/h6-9H,1-5H2,(H2,19,21)(H,23,24). The monoisotopic (exact) mass is 339 g/mol. The summed E-state index contributed by atoms with van der Waals surface area (Å²) in [7, 11) is 0. The second-order valence-electron chi connectivity index (χ2n) is 6.45. The number of rotatable bonds is 2. The van der Waals surface area contributed by atoms with Crippen molar-refractivity contribution in [3.8, 4) is 0 Å². The van der Waals surface area contributed by atoms with Crippen molar-refractivity contribution in [2.45, 2.75) is 38.0 Å². The third-order valence-corrected chi connectivity index (χ3v) is 4.86. The third kappa shape index (κ3) is 2.61. The normalized spacial score (nSPS) is 15.7. The van der Waals surface area contributed by atoms with E-state index in [2.05, 4.69) is 9.97 Å². The molecule has 0 radical (unpaired) electrons. The SMILES string of the molecule is Nc1nc2oc3cnc(C4CCCCC4)cc3c(=O)c2cc1C(=O)O. The van der Waals surface area contributed by atoms with Crippen LogP contribution in [0.2, 0.25) is 0 Å². The second kappa shape index (κ2) is 5.84. The number of fused-ring (bicyclic) bond motifs is 2. The maximum absolute atomic E-state index is 12.8. The molecule has 0 bridgehead atoms. The van der Waals surface area contributed by atoms with E-state index in [0.29, 0.717) is 16.9 Å². The summed E-state index contributed by atoms with van der Waals surface area (Å²) in [6, 6.07) is 3.00. The van der Waals surface area contributed by atoms with Crippen LogP contribution in [0.3, 0.4) is 0 Å². The quantitative estimate of drug-likeness (QED) is 0.688. The second-order valence-corrected chi connectivity index (χ2v) is 6.45. The number of aromatic nitrogens is 2. The van der Waals surface area contributed by atoms with Crippen molar-refractivity contribution in [3.05, 3.63) is 39.8 Å². The van der Waals surface area contributed by atoms with Gasteiger partial charge < -0.3 is 15.3 Å². The highest BCUT2D eigenvalue weighted by atomic mass is 16.4. The zero-order valence-corrected chi connectivity index (χ0v) is 13.5. The van der Waals surface area contributed by atoms with Crippen molar-refractivity contribution in [1.82, 2.24) is 9.97 Å². The molecule has 0 spiro atoms. The molecule has 25 heavy (non-hydrogen) atoms. The van der Waals surface area contributed by atoms with Crippen LogP contribution in [-0.2, 0) is 0 Å². The maximum Gasteiger partial charge on any atom is 0.339 e. The minimum atomic E-state index is -1.23. The van der Waals surface area contributed by atoms with Crippen LogP contribution in [0.4, 0.5) is 5.82 Å². The van der Waals surface area contributed by atoms with E-state index in [1.54, 1.807) is 12.3 Å². The fraction of sp³-hybridized carbons (Fsp3) is 0.333. The van der Waals surface area contributed by atoms with Gasteiger partial charge in [-0.25, -0.2) is 4.79 Å². The van der Waals surface area contributed by atoms with Crippen LogP contribution in [0.1, 0.15) is 54.1 Å². The van der Waals surface area contributed by atoms with Gasteiger partial charge in [0.1, 0.15) is 11.4 Å². The summed E-state index contributed by atoms with van der Waals surface area (Å²) < 4.78 is 5.64. The molecule has 0 unspecified atom stereocenters. The molecule has 3 N–H and O–H groups in total. The molecule has 0 atom stereocenters. The van der Waals surface area contributed by atoms with Gasteiger partial charge in [0.2, 0.25) is 11.1 Å². The summed E-state index contributed by atoms with van der Waals surface area (Å²) in [5, 5.41) is 9.69. The number of carbonyl (C=O) groups is 1. The molecule has 3 aromatic rings. The average Bonchev–Trinajstić information content (AvgIpc) is 2.62. The van der Waals surface area contributed by atoms with Crippen LogP contribution in [0.15, 0.2) is 27.5 Å². The summed E-state index contributed by atoms with van der Waals surface area (Å²) in [4.78, 5) is 32.5. The van der Waals surface area contributed by atoms with Gasteiger partial charge in [0.05, 0.1) is 17.0 Å². The van der Waals surface area contributed by atoms with Crippen molar-refractivity contribution in [2.75, 3.05) is 5.73 Å². The van der Waals surface area contributed by atoms with E-state index in [1.807, 2.05) is 0 Å². The summed E-state index contributed by atoms with van der Waals surface area (Å²) >= 11 is 0. The Bertz CT molecular complexity index is 1050. The van der Waals surface area contributed by atoms with Crippen molar-refractivity contribution in [3.63, 3.8) is 0 Å². The number of nitrogen functional groups attached to an aromatic ring is 1. The fourth-order valence-corrected chi connectivity index (χ4v) is 3.51. The molecular weight excluding hydrogens is 322 g/mol. The summed E-state index contributed by atoms with van der Waals surface area (Å²) in [6.07, 6.45) is 7.26. The van der Waals surface area contributed by atoms with Crippen LogP contribution in [0.5, 0.6) is 0 Å². The first-order valence-corrected chi connectivity index (χ1v) is 8.31. The Hall–Kier alpha value is -2.96. The summed E-state index contributed by atoms with van der Waals surface area (Å²) in [6.45, 7) is 0. The molecule has 1 aliphatic carbocycles. The molecule has 128 valence electrons. The minimum absolute atomic E-state index is 0.0206. The van der Waals surface area contributed by atoms with E-state index in [1.165, 1.54) is 25.3 Å². The van der Waals surface area contributed by atoms with E-state index in [-0.39, 0.29) is 27.9 Å². The maximum atomic E-state index is 12.8.